The van der Waals surface area contributed by atoms with Gasteiger partial charge in [0.2, 0.25) is 5.91 Å². The molecule has 4 aromatic rings. The summed E-state index contributed by atoms with van der Waals surface area (Å²) in [6.07, 6.45) is 10.4. The summed E-state index contributed by atoms with van der Waals surface area (Å²) in [6, 6.07) is 24.6. The SMILES string of the molecule is Cn1ccc2cc(-c3ccc(CC4(C(=O)Nc5cccc(/C=C/C(=O)O)c5)CCCCC4)cc3)ccc21. The van der Waals surface area contributed by atoms with E-state index in [4.69, 9.17) is 5.11 Å². The van der Waals surface area contributed by atoms with Gasteiger partial charge in [-0.05, 0) is 77.9 Å². The zero-order valence-electron chi connectivity index (χ0n) is 21.1. The molecular formula is C32H32N2O3. The molecule has 0 atom stereocenters. The lowest BCUT2D eigenvalue weighted by molar-refractivity contribution is -0.131. The van der Waals surface area contributed by atoms with E-state index in [1.54, 1.807) is 0 Å². The van der Waals surface area contributed by atoms with Crippen LogP contribution in [0.2, 0.25) is 0 Å². The van der Waals surface area contributed by atoms with Gasteiger partial charge in [-0.2, -0.15) is 0 Å². The predicted octanol–water partition coefficient (Wildman–Crippen LogP) is 7.07. The number of carbonyl (C=O) groups is 2. The smallest absolute Gasteiger partial charge is 0.328 e. The second-order valence-corrected chi connectivity index (χ2v) is 10.2. The zero-order chi connectivity index (χ0) is 25.8. The summed E-state index contributed by atoms with van der Waals surface area (Å²) < 4.78 is 2.12. The van der Waals surface area contributed by atoms with Crippen molar-refractivity contribution in [2.24, 2.45) is 12.5 Å². The van der Waals surface area contributed by atoms with Gasteiger partial charge in [-0.15, -0.1) is 0 Å². The summed E-state index contributed by atoms with van der Waals surface area (Å²) in [5, 5.41) is 13.3. The van der Waals surface area contributed by atoms with Gasteiger partial charge in [-0.1, -0.05) is 61.7 Å². The van der Waals surface area contributed by atoms with Crippen molar-refractivity contribution in [2.75, 3.05) is 5.32 Å². The number of carboxylic acids is 1. The lowest BCUT2D eigenvalue weighted by Gasteiger charge is -2.36. The molecule has 1 aliphatic carbocycles. The van der Waals surface area contributed by atoms with E-state index in [-0.39, 0.29) is 5.91 Å². The van der Waals surface area contributed by atoms with Crippen LogP contribution in [-0.2, 0) is 23.1 Å². The number of aromatic nitrogens is 1. The second kappa shape index (κ2) is 10.5. The van der Waals surface area contributed by atoms with Gasteiger partial charge in [0.1, 0.15) is 0 Å². The van der Waals surface area contributed by atoms with E-state index < -0.39 is 11.4 Å². The maximum absolute atomic E-state index is 13.7. The predicted molar refractivity (Wildman–Crippen MR) is 149 cm³/mol. The molecule has 0 aliphatic heterocycles. The van der Waals surface area contributed by atoms with Crippen molar-refractivity contribution in [1.29, 1.82) is 0 Å². The minimum Gasteiger partial charge on any atom is -0.478 e. The van der Waals surface area contributed by atoms with Crippen molar-refractivity contribution in [1.82, 2.24) is 4.57 Å². The Bertz CT molecular complexity index is 1460. The minimum atomic E-state index is -0.998. The van der Waals surface area contributed by atoms with Crippen molar-refractivity contribution < 1.29 is 14.7 Å². The first-order chi connectivity index (χ1) is 17.9. The van der Waals surface area contributed by atoms with Crippen molar-refractivity contribution in [3.05, 3.63) is 96.2 Å². The highest BCUT2D eigenvalue weighted by molar-refractivity contribution is 5.96. The molecule has 1 heterocycles. The van der Waals surface area contributed by atoms with E-state index in [1.165, 1.54) is 33.7 Å². The average molecular weight is 493 g/mol. The molecule has 0 bridgehead atoms. The molecule has 0 unspecified atom stereocenters. The van der Waals surface area contributed by atoms with Crippen LogP contribution in [0.1, 0.15) is 43.2 Å². The Labute approximate surface area is 217 Å². The maximum atomic E-state index is 13.7. The zero-order valence-corrected chi connectivity index (χ0v) is 21.1. The fourth-order valence-electron chi connectivity index (χ4n) is 5.53. The molecule has 5 nitrogen and oxygen atoms in total. The maximum Gasteiger partial charge on any atom is 0.328 e. The fraction of sp³-hybridized carbons (Fsp3) is 0.250. The standard InChI is InChI=1S/C32H32N2O3/c1-34-19-16-27-21-26(13-14-29(27)34)25-11-8-24(9-12-25)22-32(17-3-2-4-18-32)31(37)33-28-7-5-6-23(20-28)10-15-30(35)36/h5-16,19-21H,2-4,17-18,22H2,1H3,(H,33,37)(H,35,36)/b15-10+. The fourth-order valence-corrected chi connectivity index (χ4v) is 5.53. The first kappa shape index (κ1) is 24.6. The third-order valence-corrected chi connectivity index (χ3v) is 7.57. The number of anilines is 1. The quantitative estimate of drug-likeness (QED) is 0.271. The Morgan fingerprint density at radius 1 is 0.946 bits per heavy atom. The molecule has 0 saturated heterocycles. The Morgan fingerprint density at radius 3 is 2.46 bits per heavy atom. The number of nitrogens with one attached hydrogen (secondary N) is 1. The van der Waals surface area contributed by atoms with E-state index in [0.29, 0.717) is 12.1 Å². The number of carboxylic acid groups (broad SMARTS) is 1. The third kappa shape index (κ3) is 5.51. The van der Waals surface area contributed by atoms with Crippen LogP contribution in [-0.4, -0.2) is 21.6 Å². The molecule has 0 radical (unpaired) electrons. The number of rotatable bonds is 7. The summed E-state index contributed by atoms with van der Waals surface area (Å²) in [5.41, 5.74) is 5.72. The van der Waals surface area contributed by atoms with Crippen LogP contribution in [0.3, 0.4) is 0 Å². The number of aliphatic carboxylic acids is 1. The van der Waals surface area contributed by atoms with Crippen molar-refractivity contribution in [3.8, 4) is 11.1 Å². The van der Waals surface area contributed by atoms with Crippen LogP contribution in [0, 0.1) is 5.41 Å². The molecule has 1 aliphatic rings. The summed E-state index contributed by atoms with van der Waals surface area (Å²) in [6.45, 7) is 0. The molecule has 1 fully saturated rings. The van der Waals surface area contributed by atoms with E-state index >= 15 is 0 Å². The molecule has 1 aromatic heterocycles. The minimum absolute atomic E-state index is 0.0465. The molecular weight excluding hydrogens is 460 g/mol. The Morgan fingerprint density at radius 2 is 1.70 bits per heavy atom. The number of benzene rings is 3. The molecule has 5 rings (SSSR count). The summed E-state index contributed by atoms with van der Waals surface area (Å²) in [4.78, 5) is 24.5. The van der Waals surface area contributed by atoms with Crippen molar-refractivity contribution in [3.63, 3.8) is 0 Å². The lowest BCUT2D eigenvalue weighted by Crippen LogP contribution is -2.40. The average Bonchev–Trinajstić information content (AvgIpc) is 3.28. The number of carbonyl (C=O) groups excluding carboxylic acids is 1. The van der Waals surface area contributed by atoms with Crippen LogP contribution in [0.5, 0.6) is 0 Å². The molecule has 188 valence electrons. The number of nitrogens with zero attached hydrogens (tertiary/aromatic N) is 1. The van der Waals surface area contributed by atoms with Gasteiger partial charge >= 0.3 is 5.97 Å². The first-order valence-electron chi connectivity index (χ1n) is 12.9. The van der Waals surface area contributed by atoms with Gasteiger partial charge in [0.25, 0.3) is 0 Å². The van der Waals surface area contributed by atoms with Crippen LogP contribution in [0.4, 0.5) is 5.69 Å². The van der Waals surface area contributed by atoms with Crippen LogP contribution >= 0.6 is 0 Å². The van der Waals surface area contributed by atoms with Gasteiger partial charge in [0.15, 0.2) is 0 Å². The summed E-state index contributed by atoms with van der Waals surface area (Å²) >= 11 is 0. The van der Waals surface area contributed by atoms with Gasteiger partial charge in [0, 0.05) is 35.9 Å². The first-order valence-corrected chi connectivity index (χ1v) is 12.9. The monoisotopic (exact) mass is 492 g/mol. The highest BCUT2D eigenvalue weighted by atomic mass is 16.4. The van der Waals surface area contributed by atoms with E-state index in [1.807, 2.05) is 24.3 Å². The molecule has 1 saturated carbocycles. The lowest BCUT2D eigenvalue weighted by atomic mass is 9.69. The summed E-state index contributed by atoms with van der Waals surface area (Å²) in [5.74, 6) is -0.951. The van der Waals surface area contributed by atoms with Gasteiger partial charge < -0.3 is 15.0 Å². The normalized spacial score (nSPS) is 15.2. The Kier molecular flexibility index (Phi) is 6.95. The molecule has 0 spiro atoms. The molecule has 1 amide bonds. The number of amides is 1. The van der Waals surface area contributed by atoms with E-state index in [0.717, 1.165) is 43.7 Å². The number of fused-ring (bicyclic) bond motifs is 1. The molecule has 37 heavy (non-hydrogen) atoms. The summed E-state index contributed by atoms with van der Waals surface area (Å²) in [7, 11) is 2.06. The van der Waals surface area contributed by atoms with Gasteiger partial charge in [-0.3, -0.25) is 4.79 Å². The van der Waals surface area contributed by atoms with Crippen molar-refractivity contribution in [2.45, 2.75) is 38.5 Å². The highest BCUT2D eigenvalue weighted by Gasteiger charge is 2.39. The van der Waals surface area contributed by atoms with Crippen LogP contribution < -0.4 is 5.32 Å². The number of aryl methyl sites for hydroxylation is 1. The molecule has 3 aromatic carbocycles. The largest absolute Gasteiger partial charge is 0.478 e. The van der Waals surface area contributed by atoms with E-state index in [2.05, 4.69) is 71.7 Å². The molecule has 2 N–H and O–H groups in total. The van der Waals surface area contributed by atoms with Crippen LogP contribution in [0.15, 0.2) is 85.1 Å². The van der Waals surface area contributed by atoms with Crippen LogP contribution in [0.25, 0.3) is 28.1 Å². The van der Waals surface area contributed by atoms with Gasteiger partial charge in [-0.25, -0.2) is 4.79 Å². The Balaban J connectivity index is 1.34. The van der Waals surface area contributed by atoms with Crippen molar-refractivity contribution >= 4 is 34.5 Å². The number of hydrogen-bond acceptors (Lipinski definition) is 2. The van der Waals surface area contributed by atoms with E-state index in [9.17, 15) is 9.59 Å². The molecule has 5 heteroatoms. The van der Waals surface area contributed by atoms with Gasteiger partial charge in [0.05, 0.1) is 5.41 Å². The number of hydrogen-bond donors (Lipinski definition) is 2. The second-order valence-electron chi connectivity index (χ2n) is 10.2. The Hall–Kier alpha value is -4.12. The topological polar surface area (TPSA) is 71.3 Å². The highest BCUT2D eigenvalue weighted by Crippen LogP contribution is 2.41. The third-order valence-electron chi connectivity index (χ3n) is 7.57.